The second-order valence-electron chi connectivity index (χ2n) is 5.52. The van der Waals surface area contributed by atoms with Crippen molar-refractivity contribution in [1.29, 1.82) is 0 Å². The van der Waals surface area contributed by atoms with Crippen LogP contribution in [0.15, 0.2) is 60.4 Å². The van der Waals surface area contributed by atoms with Crippen molar-refractivity contribution in [2.75, 3.05) is 0 Å². The predicted octanol–water partition coefficient (Wildman–Crippen LogP) is 5.08. The van der Waals surface area contributed by atoms with Crippen molar-refractivity contribution in [2.24, 2.45) is 5.73 Å². The van der Waals surface area contributed by atoms with Crippen LogP contribution >= 0.6 is 0 Å². The van der Waals surface area contributed by atoms with E-state index >= 15 is 0 Å². The van der Waals surface area contributed by atoms with Crippen LogP contribution in [-0.2, 0) is 6.42 Å². The van der Waals surface area contributed by atoms with Gasteiger partial charge in [-0.1, -0.05) is 55.0 Å². The summed E-state index contributed by atoms with van der Waals surface area (Å²) in [5, 5.41) is 0. The molecule has 0 radical (unpaired) electrons. The van der Waals surface area contributed by atoms with Gasteiger partial charge in [0.25, 0.3) is 0 Å². The predicted molar refractivity (Wildman–Crippen MR) is 92.9 cm³/mol. The van der Waals surface area contributed by atoms with E-state index in [1.54, 1.807) is 6.20 Å². The van der Waals surface area contributed by atoms with Crippen molar-refractivity contribution in [1.82, 2.24) is 0 Å². The quantitative estimate of drug-likeness (QED) is 0.747. The Bertz CT molecular complexity index is 600. The van der Waals surface area contributed by atoms with E-state index in [1.807, 2.05) is 6.08 Å². The summed E-state index contributed by atoms with van der Waals surface area (Å²) >= 11 is 0. The van der Waals surface area contributed by atoms with E-state index in [0.29, 0.717) is 0 Å². The number of hydrogen-bond acceptors (Lipinski definition) is 1. The largest absolute Gasteiger partial charge is 0.405 e. The van der Waals surface area contributed by atoms with Gasteiger partial charge in [-0.15, -0.1) is 0 Å². The molecular formula is C20H25N. The molecule has 2 N–H and O–H groups in total. The van der Waals surface area contributed by atoms with Gasteiger partial charge in [0.2, 0.25) is 0 Å². The molecule has 21 heavy (non-hydrogen) atoms. The summed E-state index contributed by atoms with van der Waals surface area (Å²) in [6.07, 6.45) is 17.0. The fourth-order valence-electron chi connectivity index (χ4n) is 2.70. The van der Waals surface area contributed by atoms with Crippen molar-refractivity contribution in [3.63, 3.8) is 0 Å². The molecule has 0 heterocycles. The molecule has 0 atom stereocenters. The summed E-state index contributed by atoms with van der Waals surface area (Å²) < 4.78 is 0. The fourth-order valence-corrected chi connectivity index (χ4v) is 2.70. The summed E-state index contributed by atoms with van der Waals surface area (Å²) in [6.45, 7) is 4.36. The van der Waals surface area contributed by atoms with Gasteiger partial charge >= 0.3 is 0 Å². The van der Waals surface area contributed by atoms with E-state index in [9.17, 15) is 0 Å². The number of allylic oxidation sites excluding steroid dienone is 7. The van der Waals surface area contributed by atoms with Crippen molar-refractivity contribution in [3.8, 4) is 0 Å². The van der Waals surface area contributed by atoms with Crippen LogP contribution in [0.5, 0.6) is 0 Å². The second-order valence-corrected chi connectivity index (χ2v) is 5.52. The normalized spacial score (nSPS) is 15.5. The van der Waals surface area contributed by atoms with E-state index in [1.165, 1.54) is 34.3 Å². The lowest BCUT2D eigenvalue weighted by Crippen LogP contribution is -1.92. The van der Waals surface area contributed by atoms with E-state index < -0.39 is 0 Å². The molecule has 1 nitrogen and oxygen atoms in total. The van der Waals surface area contributed by atoms with E-state index in [4.69, 9.17) is 5.73 Å². The van der Waals surface area contributed by atoms with Gasteiger partial charge in [-0.3, -0.25) is 0 Å². The summed E-state index contributed by atoms with van der Waals surface area (Å²) in [6, 6.07) is 6.70. The Labute approximate surface area is 128 Å². The minimum atomic E-state index is 0.999. The average Bonchev–Trinajstić information content (AvgIpc) is 2.52. The van der Waals surface area contributed by atoms with E-state index in [2.05, 4.69) is 56.4 Å². The smallest absolute Gasteiger partial charge is 0.00563 e. The molecule has 1 aliphatic rings. The molecule has 0 saturated carbocycles. The number of rotatable bonds is 5. The molecule has 0 saturated heterocycles. The maximum absolute atomic E-state index is 5.63. The maximum Gasteiger partial charge on any atom is -0.00563 e. The molecule has 0 fully saturated rings. The van der Waals surface area contributed by atoms with Crippen molar-refractivity contribution in [3.05, 3.63) is 77.0 Å². The third kappa shape index (κ3) is 4.22. The van der Waals surface area contributed by atoms with Crippen LogP contribution in [0.25, 0.3) is 5.57 Å². The van der Waals surface area contributed by atoms with Crippen LogP contribution in [0, 0.1) is 6.92 Å². The van der Waals surface area contributed by atoms with Gasteiger partial charge in [-0.2, -0.15) is 0 Å². The van der Waals surface area contributed by atoms with Crippen molar-refractivity contribution in [2.45, 2.75) is 39.5 Å². The van der Waals surface area contributed by atoms with Gasteiger partial charge in [0, 0.05) is 0 Å². The topological polar surface area (TPSA) is 26.0 Å². The number of hydrogen-bond donors (Lipinski definition) is 1. The molecule has 0 amide bonds. The third-order valence-electron chi connectivity index (χ3n) is 3.97. The highest BCUT2D eigenvalue weighted by Gasteiger charge is 2.05. The molecular weight excluding hydrogens is 254 g/mol. The van der Waals surface area contributed by atoms with Gasteiger partial charge in [-0.05, 0) is 67.1 Å². The Morgan fingerprint density at radius 3 is 2.81 bits per heavy atom. The molecule has 1 aliphatic carbocycles. The Morgan fingerprint density at radius 1 is 1.33 bits per heavy atom. The SMILES string of the molecule is CCc1ccc(C(/C=C\N)=C/CC2=CC=CCC2)c(C)c1. The fraction of sp³-hybridized carbons (Fsp3) is 0.300. The Morgan fingerprint density at radius 2 is 2.19 bits per heavy atom. The van der Waals surface area contributed by atoms with Crippen LogP contribution in [0.2, 0.25) is 0 Å². The van der Waals surface area contributed by atoms with Gasteiger partial charge in [-0.25, -0.2) is 0 Å². The lowest BCUT2D eigenvalue weighted by molar-refractivity contribution is 0.925. The molecule has 0 bridgehead atoms. The van der Waals surface area contributed by atoms with Crippen molar-refractivity contribution < 1.29 is 0 Å². The molecule has 1 aromatic rings. The number of nitrogens with two attached hydrogens (primary N) is 1. The van der Waals surface area contributed by atoms with E-state index in [0.717, 1.165) is 19.3 Å². The Hall–Kier alpha value is -2.02. The van der Waals surface area contributed by atoms with Crippen LogP contribution < -0.4 is 5.73 Å². The van der Waals surface area contributed by atoms with Gasteiger partial charge < -0.3 is 5.73 Å². The van der Waals surface area contributed by atoms with Crippen LogP contribution in [0.1, 0.15) is 42.9 Å². The first kappa shape index (κ1) is 15.4. The third-order valence-corrected chi connectivity index (χ3v) is 3.97. The molecule has 1 aromatic carbocycles. The second kappa shape index (κ2) is 7.68. The van der Waals surface area contributed by atoms with Gasteiger partial charge in [0.15, 0.2) is 0 Å². The summed E-state index contributed by atoms with van der Waals surface area (Å²) in [7, 11) is 0. The van der Waals surface area contributed by atoms with Crippen molar-refractivity contribution >= 4 is 5.57 Å². The van der Waals surface area contributed by atoms with Crippen LogP contribution in [0.3, 0.4) is 0 Å². The number of aryl methyl sites for hydroxylation is 2. The molecule has 0 spiro atoms. The molecule has 1 heteroatoms. The van der Waals surface area contributed by atoms with Gasteiger partial charge in [0.1, 0.15) is 0 Å². The zero-order valence-electron chi connectivity index (χ0n) is 13.1. The summed E-state index contributed by atoms with van der Waals surface area (Å²) in [5.74, 6) is 0. The highest BCUT2D eigenvalue weighted by Crippen LogP contribution is 2.24. The Kier molecular flexibility index (Phi) is 5.62. The van der Waals surface area contributed by atoms with Crippen LogP contribution in [0.4, 0.5) is 0 Å². The molecule has 2 rings (SSSR count). The summed E-state index contributed by atoms with van der Waals surface area (Å²) in [4.78, 5) is 0. The van der Waals surface area contributed by atoms with Gasteiger partial charge in [0.05, 0.1) is 0 Å². The molecule has 110 valence electrons. The minimum absolute atomic E-state index is 0.999. The zero-order valence-corrected chi connectivity index (χ0v) is 13.1. The van der Waals surface area contributed by atoms with E-state index in [-0.39, 0.29) is 0 Å². The highest BCUT2D eigenvalue weighted by molar-refractivity contribution is 5.76. The Balaban J connectivity index is 2.25. The highest BCUT2D eigenvalue weighted by atomic mass is 14.5. The first-order valence-electron chi connectivity index (χ1n) is 7.77. The summed E-state index contributed by atoms with van der Waals surface area (Å²) in [5.41, 5.74) is 12.3. The average molecular weight is 279 g/mol. The standard InChI is InChI=1S/C20H25N/c1-3-17-10-12-20(16(2)15-17)19(13-14-21)11-9-18-7-5-4-6-8-18/h4-5,7,10-15H,3,6,8-9,21H2,1-2H3/b14-13-,19-11+. The molecule has 0 aliphatic heterocycles. The van der Waals surface area contributed by atoms with Crippen LogP contribution in [-0.4, -0.2) is 0 Å². The first-order valence-corrected chi connectivity index (χ1v) is 7.77. The monoisotopic (exact) mass is 279 g/mol. The minimum Gasteiger partial charge on any atom is -0.405 e. The molecule has 0 aromatic heterocycles. The lowest BCUT2D eigenvalue weighted by Gasteiger charge is -2.11. The zero-order chi connectivity index (χ0) is 15.1. The number of benzene rings is 1. The molecule has 0 unspecified atom stereocenters. The maximum atomic E-state index is 5.63. The lowest BCUT2D eigenvalue weighted by atomic mass is 9.94. The first-order chi connectivity index (χ1) is 10.2.